The maximum Gasteiger partial charge on any atom is 0.309 e. The van der Waals surface area contributed by atoms with Crippen LogP contribution in [-0.4, -0.2) is 65.2 Å². The fourth-order valence-electron chi connectivity index (χ4n) is 3.20. The van der Waals surface area contributed by atoms with Gasteiger partial charge < -0.3 is 37.3 Å². The summed E-state index contributed by atoms with van der Waals surface area (Å²) in [4.78, 5) is 22.7. The largest absolute Gasteiger partial charge is 0.481 e. The molecule has 0 aromatic carbocycles. The molecule has 0 amide bonds. The lowest BCUT2D eigenvalue weighted by atomic mass is 10.00. The Morgan fingerprint density at radius 2 is 2.07 bits per heavy atom. The van der Waals surface area contributed by atoms with Gasteiger partial charge in [-0.1, -0.05) is 6.08 Å². The minimum Gasteiger partial charge on any atom is -0.481 e. The number of aromatic nitrogens is 4. The van der Waals surface area contributed by atoms with E-state index in [9.17, 15) is 15.0 Å². The molecule has 0 spiro atoms. The van der Waals surface area contributed by atoms with Crippen LogP contribution in [0, 0.1) is 0 Å². The topological polar surface area (TPSA) is 209 Å². The Bertz CT molecular complexity index is 885. The first kappa shape index (κ1) is 19.9. The number of carboxylic acids is 1. The molecule has 1 unspecified atom stereocenters. The zero-order chi connectivity index (χ0) is 20.4. The van der Waals surface area contributed by atoms with E-state index in [4.69, 9.17) is 27.0 Å². The molecule has 9 N–H and O–H groups in total. The van der Waals surface area contributed by atoms with Crippen LogP contribution in [0.3, 0.4) is 0 Å². The average Bonchev–Trinajstić information content (AvgIpc) is 3.17. The summed E-state index contributed by atoms with van der Waals surface area (Å²) in [5, 5.41) is 29.5. The molecule has 12 nitrogen and oxygen atoms in total. The Morgan fingerprint density at radius 3 is 2.79 bits per heavy atom. The second kappa shape index (κ2) is 8.06. The highest BCUT2D eigenvalue weighted by molar-refractivity contribution is 5.81. The number of rotatable bonds is 7. The summed E-state index contributed by atoms with van der Waals surface area (Å²) in [5.41, 5.74) is 18.4. The van der Waals surface area contributed by atoms with Gasteiger partial charge in [0.25, 0.3) is 0 Å². The van der Waals surface area contributed by atoms with E-state index in [1.165, 1.54) is 17.2 Å². The molecular formula is C16H23N7O5. The first-order valence-electron chi connectivity index (χ1n) is 8.66. The van der Waals surface area contributed by atoms with Crippen LogP contribution in [0.4, 0.5) is 5.82 Å². The van der Waals surface area contributed by atoms with Crippen LogP contribution >= 0.6 is 0 Å². The molecule has 28 heavy (non-hydrogen) atoms. The van der Waals surface area contributed by atoms with Crippen molar-refractivity contribution < 1.29 is 24.9 Å². The van der Waals surface area contributed by atoms with Crippen molar-refractivity contribution in [1.82, 2.24) is 19.5 Å². The third-order valence-corrected chi connectivity index (χ3v) is 4.62. The van der Waals surface area contributed by atoms with Crippen LogP contribution in [0.2, 0.25) is 0 Å². The highest BCUT2D eigenvalue weighted by Gasteiger charge is 2.46. The molecule has 5 atom stereocenters. The van der Waals surface area contributed by atoms with Gasteiger partial charge in [-0.15, -0.1) is 0 Å². The van der Waals surface area contributed by atoms with Crippen molar-refractivity contribution in [2.24, 2.45) is 11.5 Å². The SMILES string of the molecule is N/C(=C\CCC(N)[C@H]1O[C@@H](n2cnc3c(N)ncnc32)[C@H](O)[C@@H]1O)CC(=O)O. The molecule has 0 aliphatic carbocycles. The number of imidazole rings is 1. The van der Waals surface area contributed by atoms with Gasteiger partial charge in [0.1, 0.15) is 30.2 Å². The van der Waals surface area contributed by atoms with Crippen molar-refractivity contribution in [2.45, 2.75) is 49.8 Å². The molecule has 0 saturated carbocycles. The number of hydrogen-bond acceptors (Lipinski definition) is 10. The molecule has 2 aromatic heterocycles. The van der Waals surface area contributed by atoms with Crippen LogP contribution in [-0.2, 0) is 9.53 Å². The predicted molar refractivity (Wildman–Crippen MR) is 97.4 cm³/mol. The number of anilines is 1. The second-order valence-electron chi connectivity index (χ2n) is 6.65. The van der Waals surface area contributed by atoms with E-state index in [0.717, 1.165) is 0 Å². The molecule has 1 saturated heterocycles. The number of allylic oxidation sites excluding steroid dienone is 1. The number of carboxylic acid groups (broad SMARTS) is 1. The predicted octanol–water partition coefficient (Wildman–Crippen LogP) is -1.55. The van der Waals surface area contributed by atoms with Gasteiger partial charge in [0.05, 0.1) is 12.7 Å². The van der Waals surface area contributed by atoms with Crippen molar-refractivity contribution in [1.29, 1.82) is 0 Å². The summed E-state index contributed by atoms with van der Waals surface area (Å²) in [6, 6.07) is -0.613. The first-order chi connectivity index (χ1) is 13.3. The van der Waals surface area contributed by atoms with Crippen molar-refractivity contribution in [3.8, 4) is 0 Å². The van der Waals surface area contributed by atoms with E-state index < -0.39 is 36.6 Å². The highest BCUT2D eigenvalue weighted by Crippen LogP contribution is 2.33. The molecule has 2 aromatic rings. The lowest BCUT2D eigenvalue weighted by Crippen LogP contribution is -2.43. The number of nitrogens with zero attached hydrogens (tertiary/aromatic N) is 4. The third kappa shape index (κ3) is 3.89. The average molecular weight is 393 g/mol. The quantitative estimate of drug-likeness (QED) is 0.317. The summed E-state index contributed by atoms with van der Waals surface area (Å²) < 4.78 is 7.28. The summed E-state index contributed by atoms with van der Waals surface area (Å²) in [6.07, 6.45) is 0.512. The second-order valence-corrected chi connectivity index (χ2v) is 6.65. The van der Waals surface area contributed by atoms with Crippen molar-refractivity contribution in [3.63, 3.8) is 0 Å². The van der Waals surface area contributed by atoms with Crippen molar-refractivity contribution in [3.05, 3.63) is 24.4 Å². The number of aliphatic hydroxyl groups excluding tert-OH is 2. The summed E-state index contributed by atoms with van der Waals surface area (Å²) in [5.74, 6) is -0.827. The van der Waals surface area contributed by atoms with Gasteiger partial charge in [-0.25, -0.2) is 15.0 Å². The molecule has 3 heterocycles. The van der Waals surface area contributed by atoms with Gasteiger partial charge in [-0.05, 0) is 12.8 Å². The fourth-order valence-corrected chi connectivity index (χ4v) is 3.20. The van der Waals surface area contributed by atoms with Crippen LogP contribution in [0.25, 0.3) is 11.2 Å². The van der Waals surface area contributed by atoms with Gasteiger partial charge in [-0.3, -0.25) is 9.36 Å². The molecule has 152 valence electrons. The molecule has 1 aliphatic rings. The van der Waals surface area contributed by atoms with E-state index >= 15 is 0 Å². The normalized spacial score (nSPS) is 26.6. The summed E-state index contributed by atoms with van der Waals surface area (Å²) in [7, 11) is 0. The van der Waals surface area contributed by atoms with E-state index in [1.54, 1.807) is 6.08 Å². The fraction of sp³-hybridized carbons (Fsp3) is 0.500. The van der Waals surface area contributed by atoms with Crippen LogP contribution in [0.15, 0.2) is 24.4 Å². The smallest absolute Gasteiger partial charge is 0.309 e. The Hall–Kier alpha value is -2.80. The molecule has 12 heteroatoms. The van der Waals surface area contributed by atoms with E-state index in [1.807, 2.05) is 0 Å². The van der Waals surface area contributed by atoms with Gasteiger partial charge in [0, 0.05) is 11.7 Å². The third-order valence-electron chi connectivity index (χ3n) is 4.62. The standard InChI is InChI=1S/C16H23N7O5/c17-7(4-9(24)25)2-1-3-8(18)13-11(26)12(27)16(28-13)23-6-22-10-14(19)20-5-21-15(10)23/h2,5-6,8,11-13,16,26-27H,1,3-4,17-18H2,(H,24,25)(H2,19,20,21)/b7-2-/t8?,11-,12+,13+,16+/m0/s1. The minimum absolute atomic E-state index is 0.191. The highest BCUT2D eigenvalue weighted by atomic mass is 16.6. The molecular weight excluding hydrogens is 370 g/mol. The monoisotopic (exact) mass is 393 g/mol. The number of carbonyl (C=O) groups is 1. The number of aliphatic carboxylic acids is 1. The number of nitrogens with two attached hydrogens (primary N) is 3. The maximum absolute atomic E-state index is 10.6. The van der Waals surface area contributed by atoms with Gasteiger partial charge >= 0.3 is 5.97 Å². The lowest BCUT2D eigenvalue weighted by Gasteiger charge is -2.21. The Labute approximate surface area is 159 Å². The van der Waals surface area contributed by atoms with Gasteiger partial charge in [-0.2, -0.15) is 0 Å². The number of ether oxygens (including phenoxy) is 1. The number of hydrogen-bond donors (Lipinski definition) is 6. The van der Waals surface area contributed by atoms with Gasteiger partial charge in [0.15, 0.2) is 17.7 Å². The van der Waals surface area contributed by atoms with Gasteiger partial charge in [0.2, 0.25) is 0 Å². The Kier molecular flexibility index (Phi) is 5.74. The summed E-state index contributed by atoms with van der Waals surface area (Å²) in [6.45, 7) is 0. The number of aliphatic hydroxyl groups is 2. The molecule has 1 aliphatic heterocycles. The first-order valence-corrected chi connectivity index (χ1v) is 8.66. The molecule has 0 bridgehead atoms. The van der Waals surface area contributed by atoms with Crippen LogP contribution in [0.1, 0.15) is 25.5 Å². The molecule has 3 rings (SSSR count). The molecule has 0 radical (unpaired) electrons. The van der Waals surface area contributed by atoms with E-state index in [2.05, 4.69) is 15.0 Å². The zero-order valence-corrected chi connectivity index (χ0v) is 14.9. The zero-order valence-electron chi connectivity index (χ0n) is 14.9. The number of fused-ring (bicyclic) bond motifs is 1. The van der Waals surface area contributed by atoms with Crippen molar-refractivity contribution in [2.75, 3.05) is 5.73 Å². The minimum atomic E-state index is -1.25. The van der Waals surface area contributed by atoms with Crippen LogP contribution < -0.4 is 17.2 Å². The number of nitrogen functional groups attached to an aromatic ring is 1. The van der Waals surface area contributed by atoms with Crippen LogP contribution in [0.5, 0.6) is 0 Å². The Balaban J connectivity index is 1.69. The van der Waals surface area contributed by atoms with Crippen molar-refractivity contribution >= 4 is 23.0 Å². The summed E-state index contributed by atoms with van der Waals surface area (Å²) >= 11 is 0. The van der Waals surface area contributed by atoms with E-state index in [-0.39, 0.29) is 17.9 Å². The van der Waals surface area contributed by atoms with E-state index in [0.29, 0.717) is 24.0 Å². The maximum atomic E-state index is 10.6. The lowest BCUT2D eigenvalue weighted by molar-refractivity contribution is -0.136. The Morgan fingerprint density at radius 1 is 1.32 bits per heavy atom. The molecule has 1 fully saturated rings.